The number of para-hydroxylation sites is 1. The van der Waals surface area contributed by atoms with Crippen molar-refractivity contribution in [3.05, 3.63) is 70.5 Å². The lowest BCUT2D eigenvalue weighted by molar-refractivity contribution is 0.0976. The van der Waals surface area contributed by atoms with E-state index in [4.69, 9.17) is 14.5 Å². The summed E-state index contributed by atoms with van der Waals surface area (Å²) >= 11 is 0. The van der Waals surface area contributed by atoms with Gasteiger partial charge in [0, 0.05) is 29.1 Å². The minimum absolute atomic E-state index is 0.307. The van der Waals surface area contributed by atoms with Gasteiger partial charge in [-0.3, -0.25) is 14.8 Å². The molecule has 0 atom stereocenters. The second kappa shape index (κ2) is 11.4. The second-order valence-electron chi connectivity index (χ2n) is 7.79. The molecule has 0 bridgehead atoms. The predicted octanol–water partition coefficient (Wildman–Crippen LogP) is 4.50. The van der Waals surface area contributed by atoms with Crippen LogP contribution in [0.3, 0.4) is 0 Å². The maximum Gasteiger partial charge on any atom is 0.258 e. The summed E-state index contributed by atoms with van der Waals surface area (Å²) in [5, 5.41) is 10.8. The third-order valence-corrected chi connectivity index (χ3v) is 5.76. The quantitative estimate of drug-likeness (QED) is 0.379. The van der Waals surface area contributed by atoms with Crippen LogP contribution >= 0.6 is 0 Å². The minimum atomic E-state index is -0.307. The molecule has 0 radical (unpaired) electrons. The number of rotatable bonds is 8. The van der Waals surface area contributed by atoms with E-state index in [9.17, 15) is 4.79 Å². The number of nitrogens with one attached hydrogen (secondary N) is 2. The highest BCUT2D eigenvalue weighted by Gasteiger charge is 2.15. The molecule has 0 aliphatic carbocycles. The zero-order valence-electron chi connectivity index (χ0n) is 20.7. The van der Waals surface area contributed by atoms with E-state index in [0.717, 1.165) is 41.2 Å². The summed E-state index contributed by atoms with van der Waals surface area (Å²) < 4.78 is 12.6. The highest BCUT2D eigenvalue weighted by atomic mass is 16.5. The lowest BCUT2D eigenvalue weighted by atomic mass is 10.1. The van der Waals surface area contributed by atoms with Crippen LogP contribution in [0.4, 0.5) is 5.69 Å². The number of benzene rings is 2. The van der Waals surface area contributed by atoms with Gasteiger partial charge < -0.3 is 14.8 Å². The summed E-state index contributed by atoms with van der Waals surface area (Å²) in [7, 11) is 3.10. The van der Waals surface area contributed by atoms with Crippen LogP contribution in [0.2, 0.25) is 0 Å². The lowest BCUT2D eigenvalue weighted by Gasteiger charge is -2.15. The van der Waals surface area contributed by atoms with Gasteiger partial charge in [-0.15, -0.1) is 0 Å². The van der Waals surface area contributed by atoms with Crippen molar-refractivity contribution in [2.75, 3.05) is 19.5 Å². The number of nitrogens with zero attached hydrogens (tertiary/aromatic N) is 3. The molecule has 2 N–H and O–H groups in total. The molecule has 2 aromatic carbocycles. The van der Waals surface area contributed by atoms with Gasteiger partial charge in [-0.1, -0.05) is 25.1 Å². The Hall–Kier alpha value is -3.81. The molecule has 3 rings (SSSR count). The van der Waals surface area contributed by atoms with E-state index in [0.29, 0.717) is 29.6 Å². The Morgan fingerprint density at radius 1 is 1.06 bits per heavy atom. The van der Waals surface area contributed by atoms with E-state index in [1.165, 1.54) is 7.11 Å². The van der Waals surface area contributed by atoms with Crippen LogP contribution in [0, 0.1) is 13.8 Å². The van der Waals surface area contributed by atoms with Gasteiger partial charge in [-0.2, -0.15) is 5.10 Å². The number of carbonyl (C=O) groups excluding carboxylic acids is 1. The first-order chi connectivity index (χ1) is 16.4. The number of amides is 1. The molecular weight excluding hydrogens is 430 g/mol. The van der Waals surface area contributed by atoms with Crippen LogP contribution in [-0.2, 0) is 19.5 Å². The second-order valence-corrected chi connectivity index (χ2v) is 7.79. The van der Waals surface area contributed by atoms with E-state index >= 15 is 0 Å². The number of anilines is 1. The number of methoxy groups -OCH3 is 2. The first-order valence-corrected chi connectivity index (χ1v) is 11.4. The molecule has 0 saturated carbocycles. The summed E-state index contributed by atoms with van der Waals surface area (Å²) in [4.78, 5) is 17.9. The smallest absolute Gasteiger partial charge is 0.258 e. The number of carbonyl (C=O) groups is 1. The van der Waals surface area contributed by atoms with Crippen molar-refractivity contribution in [1.29, 1.82) is 0 Å². The van der Waals surface area contributed by atoms with Crippen LogP contribution in [0.1, 0.15) is 46.7 Å². The average Bonchev–Trinajstić information content (AvgIpc) is 3.14. The van der Waals surface area contributed by atoms with Crippen molar-refractivity contribution in [3.63, 3.8) is 0 Å². The molecule has 180 valence electrons. The number of ether oxygens (including phenoxy) is 2. The zero-order chi connectivity index (χ0) is 24.7. The highest BCUT2D eigenvalue weighted by Crippen LogP contribution is 2.27. The largest absolute Gasteiger partial charge is 0.493 e. The normalized spacial score (nSPS) is 11.3. The summed E-state index contributed by atoms with van der Waals surface area (Å²) in [6.07, 6.45) is 0.849. The van der Waals surface area contributed by atoms with Gasteiger partial charge in [0.1, 0.15) is 0 Å². The van der Waals surface area contributed by atoms with E-state index in [1.54, 1.807) is 25.3 Å². The fourth-order valence-corrected chi connectivity index (χ4v) is 3.77. The number of hydrogen-bond donors (Lipinski definition) is 2. The molecule has 0 fully saturated rings. The monoisotopic (exact) mass is 463 g/mol. The van der Waals surface area contributed by atoms with Gasteiger partial charge in [0.25, 0.3) is 5.91 Å². The predicted molar refractivity (Wildman–Crippen MR) is 135 cm³/mol. The van der Waals surface area contributed by atoms with Gasteiger partial charge in [0.2, 0.25) is 5.96 Å². The van der Waals surface area contributed by atoms with E-state index < -0.39 is 0 Å². The molecule has 0 aliphatic heterocycles. The van der Waals surface area contributed by atoms with E-state index in [-0.39, 0.29) is 5.91 Å². The average molecular weight is 464 g/mol. The van der Waals surface area contributed by atoms with Crippen LogP contribution in [0.5, 0.6) is 11.5 Å². The Bertz CT molecular complexity index is 1180. The fourth-order valence-electron chi connectivity index (χ4n) is 3.77. The van der Waals surface area contributed by atoms with Crippen molar-refractivity contribution in [2.24, 2.45) is 4.99 Å². The SMILES string of the molecule is CCc1ccccc1NC(=NCc1c(C)nn(CC)c1C)NC(=O)c1ccc(OC)c(OC)c1. The molecule has 8 heteroatoms. The number of hydrogen-bond acceptors (Lipinski definition) is 5. The molecule has 1 aromatic heterocycles. The topological polar surface area (TPSA) is 89.8 Å². The maximum atomic E-state index is 13.1. The van der Waals surface area contributed by atoms with Crippen molar-refractivity contribution in [2.45, 2.75) is 47.2 Å². The summed E-state index contributed by atoms with van der Waals surface area (Å²) in [6, 6.07) is 13.0. The van der Waals surface area contributed by atoms with Gasteiger partial charge in [0.05, 0.1) is 26.5 Å². The van der Waals surface area contributed by atoms with Crippen LogP contribution in [-0.4, -0.2) is 35.9 Å². The van der Waals surface area contributed by atoms with Crippen LogP contribution < -0.4 is 20.1 Å². The molecule has 1 amide bonds. The molecule has 0 saturated heterocycles. The molecule has 34 heavy (non-hydrogen) atoms. The Kier molecular flexibility index (Phi) is 8.29. The van der Waals surface area contributed by atoms with Crippen molar-refractivity contribution >= 4 is 17.6 Å². The lowest BCUT2D eigenvalue weighted by Crippen LogP contribution is -2.36. The third-order valence-electron chi connectivity index (χ3n) is 5.76. The number of aliphatic imine (C=N–C) groups is 1. The number of aryl methyl sites for hydroxylation is 3. The summed E-state index contributed by atoms with van der Waals surface area (Å²) in [5.74, 6) is 1.10. The summed E-state index contributed by atoms with van der Waals surface area (Å²) in [6.45, 7) is 9.35. The standard InChI is InChI=1S/C26H33N5O3/c1-7-19-11-9-10-12-22(19)28-26(27-16-21-17(3)30-31(8-2)18(21)4)29-25(32)20-13-14-23(33-5)24(15-20)34-6/h9-15H,7-8,16H2,1-6H3,(H2,27,28,29,32). The zero-order valence-corrected chi connectivity index (χ0v) is 20.7. The van der Waals surface area contributed by atoms with Crippen LogP contribution in [0.15, 0.2) is 47.5 Å². The van der Waals surface area contributed by atoms with Gasteiger partial charge in [0.15, 0.2) is 11.5 Å². The van der Waals surface area contributed by atoms with Crippen molar-refractivity contribution < 1.29 is 14.3 Å². The van der Waals surface area contributed by atoms with Crippen molar-refractivity contribution in [3.8, 4) is 11.5 Å². The fraction of sp³-hybridized carbons (Fsp3) is 0.346. The Morgan fingerprint density at radius 2 is 1.79 bits per heavy atom. The first kappa shape index (κ1) is 24.8. The van der Waals surface area contributed by atoms with Gasteiger partial charge in [-0.25, -0.2) is 4.99 Å². The number of aromatic nitrogens is 2. The Balaban J connectivity index is 1.92. The van der Waals surface area contributed by atoms with Gasteiger partial charge >= 0.3 is 0 Å². The van der Waals surface area contributed by atoms with E-state index in [1.807, 2.05) is 36.7 Å². The molecule has 8 nitrogen and oxygen atoms in total. The minimum Gasteiger partial charge on any atom is -0.493 e. The first-order valence-electron chi connectivity index (χ1n) is 11.4. The van der Waals surface area contributed by atoms with Crippen LogP contribution in [0.25, 0.3) is 0 Å². The molecule has 0 unspecified atom stereocenters. The molecule has 1 heterocycles. The molecule has 0 aliphatic rings. The van der Waals surface area contributed by atoms with Gasteiger partial charge in [-0.05, 0) is 57.0 Å². The Labute approximate surface area is 201 Å². The third kappa shape index (κ3) is 5.57. The number of guanidine groups is 1. The highest BCUT2D eigenvalue weighted by molar-refractivity contribution is 6.10. The maximum absolute atomic E-state index is 13.1. The van der Waals surface area contributed by atoms with Crippen molar-refractivity contribution in [1.82, 2.24) is 15.1 Å². The Morgan fingerprint density at radius 3 is 2.44 bits per heavy atom. The molecule has 0 spiro atoms. The molecular formula is C26H33N5O3. The molecule has 3 aromatic rings. The summed E-state index contributed by atoms with van der Waals surface area (Å²) in [5.41, 5.74) is 5.51. The van der Waals surface area contributed by atoms with E-state index in [2.05, 4.69) is 35.6 Å².